The van der Waals surface area contributed by atoms with E-state index in [1.165, 1.54) is 14.2 Å². The van der Waals surface area contributed by atoms with Crippen molar-refractivity contribution >= 4 is 24.0 Å². The lowest BCUT2D eigenvalue weighted by Gasteiger charge is -2.31. The predicted molar refractivity (Wildman–Crippen MR) is 276 cm³/mol. The number of hydrogen-bond acceptors (Lipinski definition) is 9. The van der Waals surface area contributed by atoms with Crippen LogP contribution in [0.25, 0.3) is 33.6 Å². The number of likely N-dealkylation sites (N-methyl/N-ethyl adjacent to an activating group) is 1. The lowest BCUT2D eigenvalue weighted by Crippen LogP contribution is -2.50. The molecule has 4 N–H and O–H groups in total. The molecule has 74 heavy (non-hydrogen) atoms. The van der Waals surface area contributed by atoms with Gasteiger partial charge in [0.05, 0.1) is 67.0 Å². The van der Waals surface area contributed by atoms with Crippen molar-refractivity contribution in [3.63, 3.8) is 0 Å². The van der Waals surface area contributed by atoms with Crippen molar-refractivity contribution in [3.8, 4) is 33.6 Å². The van der Waals surface area contributed by atoms with Gasteiger partial charge in [-0.3, -0.25) is 14.5 Å². The number of benzene rings is 4. The molecule has 0 bridgehead atoms. The first kappa shape index (κ1) is 48.8. The number of nitrogens with zero attached hydrogens (tertiary/aromatic N) is 9. The zero-order chi connectivity index (χ0) is 51.1. The Kier molecular flexibility index (Phi) is 14.4. The second-order valence-corrected chi connectivity index (χ2v) is 19.0. The number of carboxylic acid groups (broad SMARTS) is 1. The average molecular weight is 995 g/mol. The van der Waals surface area contributed by atoms with Crippen molar-refractivity contribution in [1.29, 1.82) is 0 Å². The van der Waals surface area contributed by atoms with Crippen LogP contribution >= 0.6 is 0 Å². The van der Waals surface area contributed by atoms with E-state index >= 15 is 0 Å². The third kappa shape index (κ3) is 11.0. The maximum atomic E-state index is 14.3. The van der Waals surface area contributed by atoms with Crippen LogP contribution in [-0.2, 0) is 40.3 Å². The van der Waals surface area contributed by atoms with E-state index in [-0.39, 0.29) is 36.7 Å². The summed E-state index contributed by atoms with van der Waals surface area (Å²) in [5.41, 5.74) is 9.10. The molecule has 4 aromatic heterocycles. The van der Waals surface area contributed by atoms with Gasteiger partial charge in [-0.25, -0.2) is 29.5 Å². The van der Waals surface area contributed by atoms with E-state index < -0.39 is 24.3 Å². The molecule has 2 saturated heterocycles. The number of H-pyrrole nitrogens is 2. The molecule has 4 aromatic carbocycles. The molecule has 8 aromatic rings. The molecule has 10 rings (SSSR count). The molecule has 378 valence electrons. The summed E-state index contributed by atoms with van der Waals surface area (Å²) in [7, 11) is 2.71. The van der Waals surface area contributed by atoms with E-state index in [1.807, 2.05) is 106 Å². The highest BCUT2D eigenvalue weighted by Crippen LogP contribution is 2.35. The molecule has 6 heterocycles. The first-order chi connectivity index (χ1) is 36.1. The maximum absolute atomic E-state index is 14.3. The number of ether oxygens (including phenoxy) is 1. The Morgan fingerprint density at radius 2 is 1.11 bits per heavy atom. The largest absolute Gasteiger partial charge is 0.465 e. The van der Waals surface area contributed by atoms with Crippen molar-refractivity contribution in [3.05, 3.63) is 181 Å². The Hall–Kier alpha value is -8.80. The minimum Gasteiger partial charge on any atom is -0.465 e. The van der Waals surface area contributed by atoms with Crippen LogP contribution in [0.3, 0.4) is 0 Å². The molecule has 0 unspecified atom stereocenters. The summed E-state index contributed by atoms with van der Waals surface area (Å²) in [6.45, 7) is 2.26. The fourth-order valence-electron chi connectivity index (χ4n) is 10.1. The van der Waals surface area contributed by atoms with Gasteiger partial charge in [0.15, 0.2) is 0 Å². The summed E-state index contributed by atoms with van der Waals surface area (Å²) >= 11 is 0. The van der Waals surface area contributed by atoms with Gasteiger partial charge in [0.1, 0.15) is 23.7 Å². The van der Waals surface area contributed by atoms with E-state index in [4.69, 9.17) is 14.7 Å². The molecule has 2 fully saturated rings. The Balaban J connectivity index is 0.770. The van der Waals surface area contributed by atoms with E-state index in [2.05, 4.69) is 49.5 Å². The van der Waals surface area contributed by atoms with Crippen LogP contribution in [0.4, 0.5) is 9.59 Å². The third-order valence-electron chi connectivity index (χ3n) is 14.1. The van der Waals surface area contributed by atoms with E-state index in [0.717, 1.165) is 68.9 Å². The number of aromatic nitrogens is 8. The van der Waals surface area contributed by atoms with Crippen molar-refractivity contribution in [2.24, 2.45) is 0 Å². The van der Waals surface area contributed by atoms with Crippen LogP contribution in [0.15, 0.2) is 147 Å². The lowest BCUT2D eigenvalue weighted by molar-refractivity contribution is -0.137. The first-order valence-electron chi connectivity index (χ1n) is 24.9. The van der Waals surface area contributed by atoms with Crippen molar-refractivity contribution in [2.45, 2.75) is 75.8 Å². The smallest absolute Gasteiger partial charge is 0.407 e. The molecule has 0 saturated carbocycles. The van der Waals surface area contributed by atoms with Crippen molar-refractivity contribution in [1.82, 2.24) is 59.1 Å². The Bertz CT molecular complexity index is 3200. The molecule has 0 radical (unpaired) electrons. The lowest BCUT2D eigenvalue weighted by atomic mass is 10.0. The number of methoxy groups -OCH3 is 1. The summed E-state index contributed by atoms with van der Waals surface area (Å²) < 4.78 is 8.81. The Morgan fingerprint density at radius 3 is 1.58 bits per heavy atom. The van der Waals surface area contributed by atoms with Gasteiger partial charge >= 0.3 is 12.2 Å². The number of imidazole rings is 4. The van der Waals surface area contributed by atoms with Crippen molar-refractivity contribution in [2.75, 3.05) is 27.2 Å². The van der Waals surface area contributed by atoms with Gasteiger partial charge in [0.2, 0.25) is 11.8 Å². The van der Waals surface area contributed by atoms with E-state index in [9.17, 15) is 24.3 Å². The van der Waals surface area contributed by atoms with Gasteiger partial charge in [0.25, 0.3) is 0 Å². The summed E-state index contributed by atoms with van der Waals surface area (Å²) in [5.74, 6) is 0.830. The molecule has 4 atom stereocenters. The molecule has 2 aliphatic heterocycles. The van der Waals surface area contributed by atoms with Crippen LogP contribution in [-0.4, -0.2) is 122 Å². The van der Waals surface area contributed by atoms with Crippen molar-refractivity contribution < 1.29 is 29.0 Å². The molecule has 18 nitrogen and oxygen atoms in total. The number of aromatic amines is 2. The minimum absolute atomic E-state index is 0.143. The second kappa shape index (κ2) is 21.9. The second-order valence-electron chi connectivity index (χ2n) is 19.0. The predicted octanol–water partition coefficient (Wildman–Crippen LogP) is 8.14. The average Bonchev–Trinajstić information content (AvgIpc) is 4.31. The van der Waals surface area contributed by atoms with E-state index in [0.29, 0.717) is 55.6 Å². The number of carbonyl (C=O) groups is 4. The van der Waals surface area contributed by atoms with Gasteiger partial charge in [-0.15, -0.1) is 0 Å². The Morgan fingerprint density at radius 1 is 0.649 bits per heavy atom. The highest BCUT2D eigenvalue weighted by Gasteiger charge is 2.39. The van der Waals surface area contributed by atoms with Crippen LogP contribution in [0, 0.1) is 0 Å². The SMILES string of the molecule is COC(=O)N[C@@H](Cc1cn(Cc2ccccc2)cn1)C(=O)N1CCC[C@H]1c1ncc(-c2ccc(-c3ccc(-c4cnc([C@@H]5CCCN5C(=O)[C@H](Cc5cn(Cc6ccccc6)cn5)N(C)C(=O)O)[nH]4)cc3)cc2)[nH]1. The summed E-state index contributed by atoms with van der Waals surface area (Å²) in [5, 5.41) is 12.8. The third-order valence-corrected chi connectivity index (χ3v) is 14.1. The summed E-state index contributed by atoms with van der Waals surface area (Å²) in [6, 6.07) is 33.9. The summed E-state index contributed by atoms with van der Waals surface area (Å²) in [6.07, 6.45) is 12.2. The number of amides is 4. The molecular weight excluding hydrogens is 937 g/mol. The van der Waals surface area contributed by atoms with Gasteiger partial charge < -0.3 is 44.1 Å². The highest BCUT2D eigenvalue weighted by atomic mass is 16.5. The zero-order valence-electron chi connectivity index (χ0n) is 41.3. The van der Waals surface area contributed by atoms with Gasteiger partial charge in [0, 0.05) is 58.5 Å². The van der Waals surface area contributed by atoms with Gasteiger partial charge in [-0.2, -0.15) is 0 Å². The van der Waals surface area contributed by atoms with Crippen LogP contribution < -0.4 is 5.32 Å². The standard InChI is InChI=1S/C56H58N12O6/c1-64(56(72)73)50(28-44-34-66(36-60-44)32-38-13-7-4-8-14-38)54(70)68-26-10-16-49(68)52-58-30-47(62-52)42-23-19-40(20-24-42)39-17-21-41(22-18-39)46-29-57-51(61-46)48-15-9-25-67(48)53(69)45(63-55(71)74-2)27-43-33-65(35-59-43)31-37-11-5-3-6-12-37/h3-8,11-14,17-24,29-30,33-36,45,48-50H,9-10,15-16,25-28,31-32H2,1-2H3,(H,57,61)(H,58,62)(H,63,71)(H,72,73)/t45-,48-,49-,50-/m0/s1. The topological polar surface area (TPSA) is 212 Å². The number of carbonyl (C=O) groups excluding carboxylic acids is 3. The fraction of sp³-hybridized carbons (Fsp3) is 0.286. The molecule has 4 amide bonds. The minimum atomic E-state index is -1.18. The molecule has 18 heteroatoms. The summed E-state index contributed by atoms with van der Waals surface area (Å²) in [4.78, 5) is 83.3. The Labute approximate surface area is 428 Å². The maximum Gasteiger partial charge on any atom is 0.407 e. The molecular formula is C56H58N12O6. The number of hydrogen-bond donors (Lipinski definition) is 4. The quantitative estimate of drug-likeness (QED) is 0.0688. The number of likely N-dealkylation sites (tertiary alicyclic amines) is 2. The molecule has 0 spiro atoms. The van der Waals surface area contributed by atoms with E-state index in [1.54, 1.807) is 34.8 Å². The molecule has 2 aliphatic rings. The monoisotopic (exact) mass is 994 g/mol. The van der Waals surface area contributed by atoms with Gasteiger partial charge in [-0.05, 0) is 59.1 Å². The number of rotatable bonds is 17. The van der Waals surface area contributed by atoms with Crippen LogP contribution in [0.2, 0.25) is 0 Å². The normalized spacial score (nSPS) is 16.2. The van der Waals surface area contributed by atoms with Gasteiger partial charge in [-0.1, -0.05) is 109 Å². The molecule has 0 aliphatic carbocycles. The first-order valence-corrected chi connectivity index (χ1v) is 24.9. The number of alkyl carbamates (subject to hydrolysis) is 1. The number of nitrogens with one attached hydrogen (secondary N) is 3. The van der Waals surface area contributed by atoms with Crippen LogP contribution in [0.5, 0.6) is 0 Å². The fourth-order valence-corrected chi connectivity index (χ4v) is 10.1. The zero-order valence-corrected chi connectivity index (χ0v) is 41.3. The highest BCUT2D eigenvalue weighted by molar-refractivity contribution is 5.87. The van der Waals surface area contributed by atoms with Crippen LogP contribution in [0.1, 0.15) is 71.9 Å².